The summed E-state index contributed by atoms with van der Waals surface area (Å²) >= 11 is 0. The average molecular weight is 127 g/mol. The minimum atomic E-state index is -0.517. The van der Waals surface area contributed by atoms with Gasteiger partial charge in [-0.25, -0.2) is 0 Å². The molecule has 50 valence electrons. The Labute approximate surface area is 53.5 Å². The molecule has 0 aliphatic heterocycles. The molecule has 0 saturated heterocycles. The van der Waals surface area contributed by atoms with Gasteiger partial charge in [-0.2, -0.15) is 0 Å². The lowest BCUT2D eigenvalue weighted by Crippen LogP contribution is -2.05. The van der Waals surface area contributed by atoms with Crippen molar-refractivity contribution in [1.82, 2.24) is 0 Å². The highest BCUT2D eigenvalue weighted by atomic mass is 16.1. The summed E-state index contributed by atoms with van der Waals surface area (Å²) in [5.41, 5.74) is 4.74. The lowest BCUT2D eigenvalue weighted by molar-refractivity contribution is -0.116. The van der Waals surface area contributed by atoms with Gasteiger partial charge >= 0.3 is 0 Å². The van der Waals surface area contributed by atoms with Gasteiger partial charge in [0.25, 0.3) is 0 Å². The van der Waals surface area contributed by atoms with Crippen LogP contribution in [0.5, 0.6) is 0 Å². The zero-order chi connectivity index (χ0) is 7.28. The first-order valence-corrected chi connectivity index (χ1v) is 2.58. The highest BCUT2D eigenvalue weighted by Gasteiger charge is 1.86. The molecular weight excluding hydrogens is 118 g/mol. The monoisotopic (exact) mass is 127 g/mol. The average Bonchev–Trinajstić information content (AvgIpc) is 1.63. The van der Waals surface area contributed by atoms with Crippen molar-refractivity contribution in [2.75, 3.05) is 0 Å². The molecule has 0 fully saturated rings. The van der Waals surface area contributed by atoms with E-state index >= 15 is 0 Å². The van der Waals surface area contributed by atoms with Gasteiger partial charge in [0, 0.05) is 6.42 Å². The first-order valence-electron chi connectivity index (χ1n) is 2.58. The molecule has 0 atom stereocenters. The molecule has 0 heterocycles. The van der Waals surface area contributed by atoms with Crippen molar-refractivity contribution in [1.29, 1.82) is 0 Å². The molecular formula is C6H9NO2. The maximum atomic E-state index is 10.2. The van der Waals surface area contributed by atoms with Crippen LogP contribution in [0.2, 0.25) is 0 Å². The normalized spacial score (nSPS) is 9.89. The lowest BCUT2D eigenvalue weighted by atomic mass is 10.3. The third kappa shape index (κ3) is 6.88. The molecule has 0 aromatic rings. The van der Waals surface area contributed by atoms with Crippen molar-refractivity contribution in [2.45, 2.75) is 13.3 Å². The third-order valence-corrected chi connectivity index (χ3v) is 0.687. The summed E-state index contributed by atoms with van der Waals surface area (Å²) in [6, 6.07) is 0. The Balaban J connectivity index is 3.48. The van der Waals surface area contributed by atoms with Crippen molar-refractivity contribution >= 4 is 11.7 Å². The van der Waals surface area contributed by atoms with Crippen LogP contribution in [0.4, 0.5) is 0 Å². The summed E-state index contributed by atoms with van der Waals surface area (Å²) in [5.74, 6) is -0.497. The van der Waals surface area contributed by atoms with E-state index in [1.165, 1.54) is 19.1 Å². The second-order valence-electron chi connectivity index (χ2n) is 1.71. The van der Waals surface area contributed by atoms with Crippen LogP contribution in [0.25, 0.3) is 0 Å². The number of carbonyl (C=O) groups excluding carboxylic acids is 2. The van der Waals surface area contributed by atoms with Crippen LogP contribution in [-0.4, -0.2) is 11.7 Å². The van der Waals surface area contributed by atoms with Crippen LogP contribution < -0.4 is 5.73 Å². The first-order chi connectivity index (χ1) is 4.13. The fourth-order valence-electron chi connectivity index (χ4n) is 0.341. The van der Waals surface area contributed by atoms with Crippen LogP contribution in [0.15, 0.2) is 12.2 Å². The Morgan fingerprint density at radius 2 is 2.11 bits per heavy atom. The fourth-order valence-corrected chi connectivity index (χ4v) is 0.341. The van der Waals surface area contributed by atoms with E-state index in [1.54, 1.807) is 0 Å². The molecule has 9 heavy (non-hydrogen) atoms. The summed E-state index contributed by atoms with van der Waals surface area (Å²) in [6.07, 6.45) is 2.91. The van der Waals surface area contributed by atoms with Crippen LogP contribution in [0.3, 0.4) is 0 Å². The van der Waals surface area contributed by atoms with E-state index in [1.807, 2.05) is 0 Å². The minimum Gasteiger partial charge on any atom is -0.366 e. The van der Waals surface area contributed by atoms with E-state index in [4.69, 9.17) is 5.73 Å². The van der Waals surface area contributed by atoms with Crippen molar-refractivity contribution in [3.05, 3.63) is 12.2 Å². The van der Waals surface area contributed by atoms with E-state index < -0.39 is 5.91 Å². The van der Waals surface area contributed by atoms with Crippen LogP contribution in [0, 0.1) is 0 Å². The zero-order valence-corrected chi connectivity index (χ0v) is 5.26. The zero-order valence-electron chi connectivity index (χ0n) is 5.26. The highest BCUT2D eigenvalue weighted by molar-refractivity contribution is 5.87. The van der Waals surface area contributed by atoms with E-state index in [0.29, 0.717) is 0 Å². The summed E-state index contributed by atoms with van der Waals surface area (Å²) in [4.78, 5) is 20.2. The Morgan fingerprint density at radius 3 is 2.44 bits per heavy atom. The molecule has 0 aliphatic rings. The molecule has 0 aromatic carbocycles. The van der Waals surface area contributed by atoms with Gasteiger partial charge in [-0.3, -0.25) is 9.59 Å². The van der Waals surface area contributed by atoms with Gasteiger partial charge in [-0.15, -0.1) is 0 Å². The van der Waals surface area contributed by atoms with Gasteiger partial charge in [-0.05, 0) is 13.0 Å². The second kappa shape index (κ2) is 3.83. The summed E-state index contributed by atoms with van der Waals surface area (Å²) in [7, 11) is 0. The first kappa shape index (κ1) is 7.88. The number of hydrogen-bond donors (Lipinski definition) is 1. The molecule has 1 amide bonds. The standard InChI is InChI=1S/C6H9NO2/c1-5(8)3-2-4-6(7)9/h2,4H,3H2,1H3,(H2,7,9). The number of ketones is 1. The summed E-state index contributed by atoms with van der Waals surface area (Å²) < 4.78 is 0. The number of rotatable bonds is 3. The molecule has 0 aromatic heterocycles. The van der Waals surface area contributed by atoms with Crippen LogP contribution >= 0.6 is 0 Å². The number of allylic oxidation sites excluding steroid dienone is 1. The maximum Gasteiger partial charge on any atom is 0.241 e. The Hall–Kier alpha value is -1.12. The van der Waals surface area contributed by atoms with E-state index in [2.05, 4.69) is 0 Å². The molecule has 0 aliphatic carbocycles. The SMILES string of the molecule is CC(=O)CC=CC(N)=O. The highest BCUT2D eigenvalue weighted by Crippen LogP contribution is 1.82. The van der Waals surface area contributed by atoms with Gasteiger partial charge in [0.2, 0.25) is 5.91 Å². The maximum absolute atomic E-state index is 10.2. The van der Waals surface area contributed by atoms with Gasteiger partial charge in [0.05, 0.1) is 0 Å². The van der Waals surface area contributed by atoms with Crippen LogP contribution in [0.1, 0.15) is 13.3 Å². The fraction of sp³-hybridized carbons (Fsp3) is 0.333. The van der Waals surface area contributed by atoms with Gasteiger partial charge < -0.3 is 5.73 Å². The van der Waals surface area contributed by atoms with Crippen LogP contribution in [-0.2, 0) is 9.59 Å². The summed E-state index contributed by atoms with van der Waals surface area (Å²) in [6.45, 7) is 1.45. The number of primary amides is 1. The van der Waals surface area contributed by atoms with Crippen molar-refractivity contribution in [3.63, 3.8) is 0 Å². The van der Waals surface area contributed by atoms with Crippen molar-refractivity contribution in [3.8, 4) is 0 Å². The van der Waals surface area contributed by atoms with Gasteiger partial charge in [0.1, 0.15) is 5.78 Å². The topological polar surface area (TPSA) is 60.2 Å². The predicted molar refractivity (Wildman–Crippen MR) is 33.6 cm³/mol. The molecule has 0 unspecified atom stereocenters. The van der Waals surface area contributed by atoms with Gasteiger partial charge in [-0.1, -0.05) is 6.08 Å². The van der Waals surface area contributed by atoms with E-state index in [0.717, 1.165) is 0 Å². The molecule has 0 radical (unpaired) electrons. The van der Waals surface area contributed by atoms with Gasteiger partial charge in [0.15, 0.2) is 0 Å². The quantitative estimate of drug-likeness (QED) is 0.543. The number of hydrogen-bond acceptors (Lipinski definition) is 2. The molecule has 2 N–H and O–H groups in total. The second-order valence-corrected chi connectivity index (χ2v) is 1.71. The predicted octanol–water partition coefficient (Wildman–Crippen LogP) is 0.00700. The molecule has 3 heteroatoms. The van der Waals surface area contributed by atoms with E-state index in [-0.39, 0.29) is 12.2 Å². The number of Topliss-reactive ketones (excluding diaryl/α,β-unsaturated/α-hetero) is 1. The smallest absolute Gasteiger partial charge is 0.241 e. The van der Waals surface area contributed by atoms with Crippen molar-refractivity contribution in [2.24, 2.45) is 5.73 Å². The Morgan fingerprint density at radius 1 is 1.56 bits per heavy atom. The molecule has 3 nitrogen and oxygen atoms in total. The minimum absolute atomic E-state index is 0.0208. The van der Waals surface area contributed by atoms with Crippen molar-refractivity contribution < 1.29 is 9.59 Å². The lowest BCUT2D eigenvalue weighted by Gasteiger charge is -1.81. The molecule has 0 saturated carbocycles. The Bertz CT molecular complexity index is 149. The summed E-state index contributed by atoms with van der Waals surface area (Å²) in [5, 5.41) is 0. The van der Waals surface area contributed by atoms with E-state index in [9.17, 15) is 9.59 Å². The molecule has 0 bridgehead atoms. The number of carbonyl (C=O) groups is 2. The largest absolute Gasteiger partial charge is 0.366 e. The number of nitrogens with two attached hydrogens (primary N) is 1. The number of amides is 1. The molecule has 0 spiro atoms. The Kier molecular flexibility index (Phi) is 3.35. The third-order valence-electron chi connectivity index (χ3n) is 0.687. The molecule has 0 rings (SSSR count).